The van der Waals surface area contributed by atoms with E-state index in [0.29, 0.717) is 17.3 Å². The minimum Gasteiger partial charge on any atom is -0.393 e. The van der Waals surface area contributed by atoms with Crippen LogP contribution in [0.2, 0.25) is 0 Å². The summed E-state index contributed by atoms with van der Waals surface area (Å²) in [5.41, 5.74) is 0.302. The van der Waals surface area contributed by atoms with E-state index in [4.69, 9.17) is 4.74 Å². The average Bonchev–Trinajstić information content (AvgIpc) is 2.17. The second kappa shape index (κ2) is 6.02. The molecule has 16 heavy (non-hydrogen) atoms. The van der Waals surface area contributed by atoms with Crippen molar-refractivity contribution in [2.75, 3.05) is 13.2 Å². The zero-order valence-corrected chi connectivity index (χ0v) is 11.3. The highest BCUT2D eigenvalue weighted by Crippen LogP contribution is 2.31. The third kappa shape index (κ3) is 4.84. The van der Waals surface area contributed by atoms with Crippen molar-refractivity contribution < 1.29 is 9.84 Å². The molecular formula is C14H28O2. The Hall–Kier alpha value is -0.0800. The maximum Gasteiger partial charge on any atom is 0.0545 e. The van der Waals surface area contributed by atoms with Gasteiger partial charge >= 0.3 is 0 Å². The summed E-state index contributed by atoms with van der Waals surface area (Å²) in [5.74, 6) is 1.25. The summed E-state index contributed by atoms with van der Waals surface area (Å²) in [6.45, 7) is 10.8. The van der Waals surface area contributed by atoms with E-state index in [1.165, 1.54) is 0 Å². The van der Waals surface area contributed by atoms with Crippen LogP contribution in [-0.2, 0) is 4.74 Å². The van der Waals surface area contributed by atoms with Crippen LogP contribution in [0.3, 0.4) is 0 Å². The van der Waals surface area contributed by atoms with E-state index in [1.54, 1.807) is 0 Å². The molecule has 0 spiro atoms. The number of hydrogen-bond donors (Lipinski definition) is 1. The monoisotopic (exact) mass is 228 g/mol. The second-order valence-corrected chi connectivity index (χ2v) is 6.45. The van der Waals surface area contributed by atoms with Crippen LogP contribution < -0.4 is 0 Å². The molecule has 0 aliphatic carbocycles. The molecular weight excluding hydrogens is 200 g/mol. The summed E-state index contributed by atoms with van der Waals surface area (Å²) >= 11 is 0. The van der Waals surface area contributed by atoms with Gasteiger partial charge in [-0.05, 0) is 42.9 Å². The van der Waals surface area contributed by atoms with Gasteiger partial charge in [0, 0.05) is 13.2 Å². The highest BCUT2D eigenvalue weighted by Gasteiger charge is 2.24. The van der Waals surface area contributed by atoms with Gasteiger partial charge in [0.05, 0.1) is 6.10 Å². The molecule has 2 nitrogen and oxygen atoms in total. The van der Waals surface area contributed by atoms with E-state index in [2.05, 4.69) is 27.7 Å². The molecule has 0 amide bonds. The van der Waals surface area contributed by atoms with Gasteiger partial charge in [-0.2, -0.15) is 0 Å². The largest absolute Gasteiger partial charge is 0.393 e. The van der Waals surface area contributed by atoms with Gasteiger partial charge in [0.2, 0.25) is 0 Å². The molecule has 1 rings (SSSR count). The lowest BCUT2D eigenvalue weighted by Crippen LogP contribution is -2.26. The lowest BCUT2D eigenvalue weighted by molar-refractivity contribution is 0.0331. The van der Waals surface area contributed by atoms with Crippen LogP contribution in [0, 0.1) is 17.3 Å². The zero-order chi connectivity index (χ0) is 12.2. The Kier molecular flexibility index (Phi) is 5.26. The fourth-order valence-electron chi connectivity index (χ4n) is 2.22. The predicted octanol–water partition coefficient (Wildman–Crippen LogP) is 3.24. The maximum absolute atomic E-state index is 10.1. The number of ether oxygens (including phenoxy) is 1. The summed E-state index contributed by atoms with van der Waals surface area (Å²) in [4.78, 5) is 0. The smallest absolute Gasteiger partial charge is 0.0545 e. The van der Waals surface area contributed by atoms with Crippen LogP contribution >= 0.6 is 0 Å². The maximum atomic E-state index is 10.1. The van der Waals surface area contributed by atoms with Crippen molar-refractivity contribution in [3.05, 3.63) is 0 Å². The van der Waals surface area contributed by atoms with E-state index in [9.17, 15) is 5.11 Å². The molecule has 2 atom stereocenters. The van der Waals surface area contributed by atoms with Crippen LogP contribution in [0.4, 0.5) is 0 Å². The Morgan fingerprint density at radius 3 is 2.31 bits per heavy atom. The predicted molar refractivity (Wildman–Crippen MR) is 67.4 cm³/mol. The van der Waals surface area contributed by atoms with Crippen LogP contribution in [0.25, 0.3) is 0 Å². The quantitative estimate of drug-likeness (QED) is 0.800. The fraction of sp³-hybridized carbons (Fsp3) is 1.00. The van der Waals surface area contributed by atoms with E-state index in [0.717, 1.165) is 38.9 Å². The Morgan fingerprint density at radius 1 is 1.25 bits per heavy atom. The molecule has 0 aromatic rings. The molecule has 1 saturated heterocycles. The van der Waals surface area contributed by atoms with Gasteiger partial charge < -0.3 is 9.84 Å². The SMILES string of the molecule is CC(CC(O)CC1CCOCC1)C(C)(C)C. The first-order valence-electron chi connectivity index (χ1n) is 6.65. The van der Waals surface area contributed by atoms with Gasteiger partial charge in [0.15, 0.2) is 0 Å². The second-order valence-electron chi connectivity index (χ2n) is 6.45. The van der Waals surface area contributed by atoms with Crippen LogP contribution in [0.5, 0.6) is 0 Å². The highest BCUT2D eigenvalue weighted by molar-refractivity contribution is 4.75. The normalized spacial score (nSPS) is 23.1. The van der Waals surface area contributed by atoms with E-state index >= 15 is 0 Å². The van der Waals surface area contributed by atoms with E-state index in [1.807, 2.05) is 0 Å². The number of aliphatic hydroxyl groups excluding tert-OH is 1. The summed E-state index contributed by atoms with van der Waals surface area (Å²) in [6.07, 6.45) is 4.02. The summed E-state index contributed by atoms with van der Waals surface area (Å²) in [6, 6.07) is 0. The molecule has 0 radical (unpaired) electrons. The molecule has 1 heterocycles. The third-order valence-corrected chi connectivity index (χ3v) is 4.05. The minimum absolute atomic E-state index is 0.127. The van der Waals surface area contributed by atoms with Crippen molar-refractivity contribution in [2.45, 2.75) is 59.5 Å². The average molecular weight is 228 g/mol. The zero-order valence-electron chi connectivity index (χ0n) is 11.3. The molecule has 2 heteroatoms. The van der Waals surface area contributed by atoms with Gasteiger partial charge in [0.1, 0.15) is 0 Å². The van der Waals surface area contributed by atoms with Crippen molar-refractivity contribution in [1.29, 1.82) is 0 Å². The number of hydrogen-bond acceptors (Lipinski definition) is 2. The number of rotatable bonds is 4. The van der Waals surface area contributed by atoms with Gasteiger partial charge in [-0.3, -0.25) is 0 Å². The van der Waals surface area contributed by atoms with Gasteiger partial charge in [0.25, 0.3) is 0 Å². The third-order valence-electron chi connectivity index (χ3n) is 4.05. The van der Waals surface area contributed by atoms with Crippen molar-refractivity contribution in [2.24, 2.45) is 17.3 Å². The van der Waals surface area contributed by atoms with Crippen molar-refractivity contribution >= 4 is 0 Å². The molecule has 1 aliphatic rings. The van der Waals surface area contributed by atoms with Crippen molar-refractivity contribution in [3.8, 4) is 0 Å². The summed E-state index contributed by atoms with van der Waals surface area (Å²) < 4.78 is 5.33. The Labute approximate surface area is 100 Å². The van der Waals surface area contributed by atoms with Crippen LogP contribution in [0.1, 0.15) is 53.4 Å². The summed E-state index contributed by atoms with van der Waals surface area (Å²) in [7, 11) is 0. The Bertz CT molecular complexity index is 189. The lowest BCUT2D eigenvalue weighted by atomic mass is 9.77. The number of aliphatic hydroxyl groups is 1. The van der Waals surface area contributed by atoms with Crippen LogP contribution in [0.15, 0.2) is 0 Å². The topological polar surface area (TPSA) is 29.5 Å². The molecule has 0 aromatic heterocycles. The molecule has 1 fully saturated rings. The minimum atomic E-state index is -0.127. The molecule has 0 saturated carbocycles. The molecule has 1 aliphatic heterocycles. The fourth-order valence-corrected chi connectivity index (χ4v) is 2.22. The van der Waals surface area contributed by atoms with Crippen LogP contribution in [-0.4, -0.2) is 24.4 Å². The molecule has 0 bridgehead atoms. The van der Waals surface area contributed by atoms with E-state index in [-0.39, 0.29) is 6.10 Å². The standard InChI is InChI=1S/C14H28O2/c1-11(14(2,3)4)9-13(15)10-12-5-7-16-8-6-12/h11-13,15H,5-10H2,1-4H3. The Morgan fingerprint density at radius 2 is 1.81 bits per heavy atom. The summed E-state index contributed by atoms with van der Waals surface area (Å²) in [5, 5.41) is 10.1. The van der Waals surface area contributed by atoms with Crippen molar-refractivity contribution in [3.63, 3.8) is 0 Å². The van der Waals surface area contributed by atoms with Crippen molar-refractivity contribution in [1.82, 2.24) is 0 Å². The first kappa shape index (κ1) is 14.0. The first-order valence-corrected chi connectivity index (χ1v) is 6.65. The molecule has 1 N–H and O–H groups in total. The van der Waals surface area contributed by atoms with Gasteiger partial charge in [-0.25, -0.2) is 0 Å². The van der Waals surface area contributed by atoms with Gasteiger partial charge in [-0.15, -0.1) is 0 Å². The lowest BCUT2D eigenvalue weighted by Gasteiger charge is -2.31. The molecule has 96 valence electrons. The van der Waals surface area contributed by atoms with E-state index < -0.39 is 0 Å². The Balaban J connectivity index is 2.26. The molecule has 2 unspecified atom stereocenters. The molecule has 0 aromatic carbocycles. The highest BCUT2D eigenvalue weighted by atomic mass is 16.5. The first-order chi connectivity index (χ1) is 7.39. The van der Waals surface area contributed by atoms with Gasteiger partial charge in [-0.1, -0.05) is 27.7 Å².